The highest BCUT2D eigenvalue weighted by molar-refractivity contribution is 6.29. The van der Waals surface area contributed by atoms with Crippen molar-refractivity contribution >= 4 is 23.1 Å². The zero-order valence-corrected chi connectivity index (χ0v) is 12.9. The van der Waals surface area contributed by atoms with E-state index in [4.69, 9.17) is 11.6 Å². The van der Waals surface area contributed by atoms with E-state index in [0.29, 0.717) is 5.15 Å². The lowest BCUT2D eigenvalue weighted by Gasteiger charge is -2.33. The molecule has 0 amide bonds. The van der Waals surface area contributed by atoms with Crippen LogP contribution in [0.5, 0.6) is 0 Å². The lowest BCUT2D eigenvalue weighted by molar-refractivity contribution is 0.302. The SMILES string of the molecule is CC(C)(C)CC(C)(C)Nc1cnc2cnc(Cl)cn12. The number of anilines is 1. The van der Waals surface area contributed by atoms with Crippen molar-refractivity contribution in [1.29, 1.82) is 0 Å². The standard InChI is InChI=1S/C14H21ClN4/c1-13(2,3)9-14(4,5)18-12-7-17-11-6-16-10(15)8-19(11)12/h6-8,18H,9H2,1-5H3. The van der Waals surface area contributed by atoms with Crippen molar-refractivity contribution in [3.05, 3.63) is 23.7 Å². The summed E-state index contributed by atoms with van der Waals surface area (Å²) in [7, 11) is 0. The van der Waals surface area contributed by atoms with Crippen molar-refractivity contribution in [3.63, 3.8) is 0 Å². The quantitative estimate of drug-likeness (QED) is 0.924. The summed E-state index contributed by atoms with van der Waals surface area (Å²) in [5, 5.41) is 4.00. The summed E-state index contributed by atoms with van der Waals surface area (Å²) in [4.78, 5) is 8.35. The molecule has 2 rings (SSSR count). The number of nitrogens with zero attached hydrogens (tertiary/aromatic N) is 3. The summed E-state index contributed by atoms with van der Waals surface area (Å²) in [6, 6.07) is 0. The third-order valence-corrected chi connectivity index (χ3v) is 3.00. The van der Waals surface area contributed by atoms with Crippen molar-refractivity contribution in [2.45, 2.75) is 46.6 Å². The van der Waals surface area contributed by atoms with Crippen molar-refractivity contribution in [2.75, 3.05) is 5.32 Å². The van der Waals surface area contributed by atoms with Crippen LogP contribution in [0.1, 0.15) is 41.0 Å². The number of nitrogens with one attached hydrogen (secondary N) is 1. The smallest absolute Gasteiger partial charge is 0.157 e. The summed E-state index contributed by atoms with van der Waals surface area (Å²) < 4.78 is 1.93. The largest absolute Gasteiger partial charge is 0.365 e. The van der Waals surface area contributed by atoms with Crippen LogP contribution in [0.15, 0.2) is 18.6 Å². The second-order valence-electron chi connectivity index (χ2n) is 6.83. The van der Waals surface area contributed by atoms with Gasteiger partial charge < -0.3 is 5.32 Å². The number of fused-ring (bicyclic) bond motifs is 1. The molecule has 0 aliphatic carbocycles. The van der Waals surface area contributed by atoms with Gasteiger partial charge in [0.1, 0.15) is 11.0 Å². The fourth-order valence-electron chi connectivity index (χ4n) is 2.67. The third kappa shape index (κ3) is 3.60. The number of hydrogen-bond acceptors (Lipinski definition) is 3. The van der Waals surface area contributed by atoms with Crippen LogP contribution in [0.4, 0.5) is 5.82 Å². The van der Waals surface area contributed by atoms with Gasteiger partial charge >= 0.3 is 0 Å². The van der Waals surface area contributed by atoms with E-state index in [0.717, 1.165) is 17.9 Å². The predicted octanol–water partition coefficient (Wildman–Crippen LogP) is 4.01. The normalized spacial score (nSPS) is 12.9. The maximum atomic E-state index is 5.94. The Labute approximate surface area is 119 Å². The molecule has 0 aliphatic rings. The van der Waals surface area contributed by atoms with Crippen LogP contribution in [-0.4, -0.2) is 19.9 Å². The summed E-state index contributed by atoms with van der Waals surface area (Å²) in [6.07, 6.45) is 6.31. The molecule has 0 radical (unpaired) electrons. The molecule has 0 spiro atoms. The maximum Gasteiger partial charge on any atom is 0.157 e. The highest BCUT2D eigenvalue weighted by atomic mass is 35.5. The van der Waals surface area contributed by atoms with Gasteiger partial charge in [-0.2, -0.15) is 0 Å². The number of halogens is 1. The van der Waals surface area contributed by atoms with E-state index in [1.165, 1.54) is 0 Å². The monoisotopic (exact) mass is 280 g/mol. The van der Waals surface area contributed by atoms with Gasteiger partial charge in [0.25, 0.3) is 0 Å². The van der Waals surface area contributed by atoms with Gasteiger partial charge in [0.05, 0.1) is 12.4 Å². The Bertz CT molecular complexity index is 581. The average molecular weight is 281 g/mol. The second kappa shape index (κ2) is 4.67. The van der Waals surface area contributed by atoms with E-state index >= 15 is 0 Å². The average Bonchev–Trinajstić information content (AvgIpc) is 2.56. The van der Waals surface area contributed by atoms with Gasteiger partial charge in [-0.15, -0.1) is 0 Å². The van der Waals surface area contributed by atoms with Gasteiger partial charge in [0, 0.05) is 11.7 Å². The van der Waals surface area contributed by atoms with Gasteiger partial charge in [0.2, 0.25) is 0 Å². The molecule has 2 heterocycles. The topological polar surface area (TPSA) is 42.2 Å². The van der Waals surface area contributed by atoms with Crippen LogP contribution in [0.3, 0.4) is 0 Å². The van der Waals surface area contributed by atoms with Crippen LogP contribution in [0.2, 0.25) is 5.15 Å². The number of imidazole rings is 1. The first-order chi connectivity index (χ1) is 8.66. The van der Waals surface area contributed by atoms with E-state index in [1.807, 2.05) is 10.6 Å². The molecule has 0 aliphatic heterocycles. The van der Waals surface area contributed by atoms with E-state index in [9.17, 15) is 0 Å². The van der Waals surface area contributed by atoms with Gasteiger partial charge in [-0.3, -0.25) is 4.40 Å². The molecule has 2 aromatic heterocycles. The summed E-state index contributed by atoms with van der Waals surface area (Å²) in [5.41, 5.74) is 1.03. The highest BCUT2D eigenvalue weighted by Crippen LogP contribution is 2.29. The number of hydrogen-bond donors (Lipinski definition) is 1. The molecular weight excluding hydrogens is 260 g/mol. The lowest BCUT2D eigenvalue weighted by Crippen LogP contribution is -2.35. The third-order valence-electron chi connectivity index (χ3n) is 2.80. The lowest BCUT2D eigenvalue weighted by atomic mass is 9.82. The molecule has 5 heteroatoms. The van der Waals surface area contributed by atoms with Crippen LogP contribution < -0.4 is 5.32 Å². The fraction of sp³-hybridized carbons (Fsp3) is 0.571. The predicted molar refractivity (Wildman–Crippen MR) is 79.8 cm³/mol. The first kappa shape index (κ1) is 14.1. The molecule has 0 atom stereocenters. The van der Waals surface area contributed by atoms with E-state index < -0.39 is 0 Å². The fourth-order valence-corrected chi connectivity index (χ4v) is 2.82. The second-order valence-corrected chi connectivity index (χ2v) is 7.22. The maximum absolute atomic E-state index is 5.94. The molecule has 0 fully saturated rings. The minimum absolute atomic E-state index is 0.0238. The first-order valence-electron chi connectivity index (χ1n) is 6.43. The van der Waals surface area contributed by atoms with Gasteiger partial charge in [-0.1, -0.05) is 32.4 Å². The summed E-state index contributed by atoms with van der Waals surface area (Å²) >= 11 is 5.94. The van der Waals surface area contributed by atoms with Crippen molar-refractivity contribution in [3.8, 4) is 0 Å². The zero-order chi connectivity index (χ0) is 14.3. The van der Waals surface area contributed by atoms with E-state index in [1.54, 1.807) is 12.4 Å². The molecule has 0 saturated carbocycles. The van der Waals surface area contributed by atoms with E-state index in [-0.39, 0.29) is 11.0 Å². The Kier molecular flexibility index (Phi) is 3.47. The van der Waals surface area contributed by atoms with Crippen molar-refractivity contribution in [1.82, 2.24) is 14.4 Å². The summed E-state index contributed by atoms with van der Waals surface area (Å²) in [6.45, 7) is 11.1. The van der Waals surface area contributed by atoms with Gasteiger partial charge in [-0.05, 0) is 25.7 Å². The Morgan fingerprint density at radius 2 is 1.84 bits per heavy atom. The first-order valence-corrected chi connectivity index (χ1v) is 6.81. The molecule has 1 N–H and O–H groups in total. The van der Waals surface area contributed by atoms with Crippen molar-refractivity contribution < 1.29 is 0 Å². The molecule has 19 heavy (non-hydrogen) atoms. The molecule has 0 bridgehead atoms. The molecular formula is C14H21ClN4. The van der Waals surface area contributed by atoms with Crippen LogP contribution in [0, 0.1) is 5.41 Å². The number of rotatable bonds is 3. The molecule has 104 valence electrons. The van der Waals surface area contributed by atoms with Crippen LogP contribution in [0.25, 0.3) is 5.65 Å². The highest BCUT2D eigenvalue weighted by Gasteiger charge is 2.26. The summed E-state index contributed by atoms with van der Waals surface area (Å²) in [5.74, 6) is 0.938. The van der Waals surface area contributed by atoms with Gasteiger partial charge in [0.15, 0.2) is 5.65 Å². The Morgan fingerprint density at radius 1 is 1.16 bits per heavy atom. The Morgan fingerprint density at radius 3 is 2.47 bits per heavy atom. The molecule has 4 nitrogen and oxygen atoms in total. The molecule has 2 aromatic rings. The molecule has 0 unspecified atom stereocenters. The minimum atomic E-state index is -0.0238. The zero-order valence-electron chi connectivity index (χ0n) is 12.2. The Hall–Kier alpha value is -1.29. The van der Waals surface area contributed by atoms with Crippen LogP contribution in [-0.2, 0) is 0 Å². The van der Waals surface area contributed by atoms with Crippen LogP contribution >= 0.6 is 11.6 Å². The van der Waals surface area contributed by atoms with Gasteiger partial charge in [-0.25, -0.2) is 9.97 Å². The molecule has 0 aromatic carbocycles. The number of aromatic nitrogens is 3. The molecule has 0 saturated heterocycles. The Balaban J connectivity index is 2.28. The van der Waals surface area contributed by atoms with E-state index in [2.05, 4.69) is 49.9 Å². The minimum Gasteiger partial charge on any atom is -0.365 e. The van der Waals surface area contributed by atoms with Crippen molar-refractivity contribution in [2.24, 2.45) is 5.41 Å².